The summed E-state index contributed by atoms with van der Waals surface area (Å²) in [5, 5.41) is 16.2. The van der Waals surface area contributed by atoms with Gasteiger partial charge in [-0.2, -0.15) is 0 Å². The van der Waals surface area contributed by atoms with Crippen LogP contribution in [0.4, 0.5) is 0 Å². The van der Waals surface area contributed by atoms with E-state index in [9.17, 15) is 4.79 Å². The summed E-state index contributed by atoms with van der Waals surface area (Å²) >= 11 is 1.12. The van der Waals surface area contributed by atoms with Crippen LogP contribution in [-0.2, 0) is 16.6 Å². The number of aromatic nitrogens is 3. The fraction of sp³-hybridized carbons (Fsp3) is 0.571. The number of aliphatic carboxylic acids is 1. The minimum Gasteiger partial charge on any atom is -0.480 e. The molecule has 0 aliphatic carbocycles. The molecule has 78 valence electrons. The molecule has 0 aromatic carbocycles. The number of nitrogens with zero attached hydrogens (tertiary/aromatic N) is 3. The molecule has 1 atom stereocenters. The summed E-state index contributed by atoms with van der Waals surface area (Å²) in [6.45, 7) is 0.146. The Bertz CT molecular complexity index is 315. The fourth-order valence-electron chi connectivity index (χ4n) is 0.814. The summed E-state index contributed by atoms with van der Waals surface area (Å²) in [6.07, 6.45) is 1.52. The summed E-state index contributed by atoms with van der Waals surface area (Å²) in [5.41, 5.74) is 0. The molecule has 1 unspecified atom stereocenters. The van der Waals surface area contributed by atoms with Gasteiger partial charge in [-0.25, -0.2) is 0 Å². The predicted molar refractivity (Wildman–Crippen MR) is 50.2 cm³/mol. The van der Waals surface area contributed by atoms with Crippen molar-refractivity contribution in [3.63, 3.8) is 0 Å². The number of carboxylic acid groups (broad SMARTS) is 1. The molecule has 0 aliphatic heterocycles. The molecule has 0 radical (unpaired) electrons. The van der Waals surface area contributed by atoms with E-state index in [1.54, 1.807) is 11.6 Å². The van der Waals surface area contributed by atoms with E-state index in [4.69, 9.17) is 9.84 Å². The molecule has 0 amide bonds. The Kier molecular flexibility index (Phi) is 3.90. The van der Waals surface area contributed by atoms with E-state index < -0.39 is 11.2 Å². The van der Waals surface area contributed by atoms with Crippen LogP contribution in [0.1, 0.15) is 0 Å². The third kappa shape index (κ3) is 2.71. The normalized spacial score (nSPS) is 12.7. The van der Waals surface area contributed by atoms with Gasteiger partial charge in [-0.1, -0.05) is 11.8 Å². The predicted octanol–water partition coefficient (Wildman–Crippen LogP) is 0.00680. The van der Waals surface area contributed by atoms with Crippen molar-refractivity contribution in [2.45, 2.75) is 10.4 Å². The van der Waals surface area contributed by atoms with E-state index in [1.807, 2.05) is 0 Å². The van der Waals surface area contributed by atoms with Crippen LogP contribution in [0.25, 0.3) is 0 Å². The third-order valence-corrected chi connectivity index (χ3v) is 2.71. The molecule has 0 aliphatic rings. The maximum Gasteiger partial charge on any atom is 0.319 e. The average Bonchev–Trinajstić information content (AvgIpc) is 2.51. The van der Waals surface area contributed by atoms with E-state index in [0.717, 1.165) is 11.8 Å². The van der Waals surface area contributed by atoms with Crippen LogP contribution >= 0.6 is 11.8 Å². The first-order chi connectivity index (χ1) is 6.65. The van der Waals surface area contributed by atoms with Crippen molar-refractivity contribution in [1.82, 2.24) is 14.8 Å². The molecular weight excluding hydrogens is 206 g/mol. The number of methoxy groups -OCH3 is 1. The molecule has 1 aromatic heterocycles. The molecule has 1 N–H and O–H groups in total. The molecule has 0 fully saturated rings. The largest absolute Gasteiger partial charge is 0.480 e. The molecule has 0 saturated heterocycles. The second-order valence-corrected chi connectivity index (χ2v) is 3.79. The summed E-state index contributed by atoms with van der Waals surface area (Å²) in [4.78, 5) is 10.8. The maximum atomic E-state index is 10.8. The summed E-state index contributed by atoms with van der Waals surface area (Å²) in [6, 6.07) is 0. The Labute approximate surface area is 85.3 Å². The SMILES string of the molecule is COCC(Sc1nncn1C)C(=O)O. The Morgan fingerprint density at radius 2 is 2.57 bits per heavy atom. The number of aryl methyl sites for hydroxylation is 1. The van der Waals surface area contributed by atoms with Crippen molar-refractivity contribution in [2.75, 3.05) is 13.7 Å². The average molecular weight is 217 g/mol. The molecule has 1 rings (SSSR count). The van der Waals surface area contributed by atoms with E-state index in [2.05, 4.69) is 10.2 Å². The summed E-state index contributed by atoms with van der Waals surface area (Å²) in [5.74, 6) is -0.917. The molecule has 14 heavy (non-hydrogen) atoms. The number of carboxylic acids is 1. The van der Waals surface area contributed by atoms with Gasteiger partial charge in [-0.15, -0.1) is 10.2 Å². The van der Waals surface area contributed by atoms with Crippen molar-refractivity contribution in [2.24, 2.45) is 7.05 Å². The van der Waals surface area contributed by atoms with Crippen LogP contribution in [-0.4, -0.2) is 44.8 Å². The second kappa shape index (κ2) is 4.97. The summed E-state index contributed by atoms with van der Waals surface area (Å²) in [7, 11) is 3.22. The zero-order valence-corrected chi connectivity index (χ0v) is 8.69. The van der Waals surface area contributed by atoms with Gasteiger partial charge in [0.15, 0.2) is 5.16 Å². The van der Waals surface area contributed by atoms with Crippen LogP contribution in [0.5, 0.6) is 0 Å². The third-order valence-electron chi connectivity index (χ3n) is 1.51. The minimum atomic E-state index is -0.917. The molecule has 6 nitrogen and oxygen atoms in total. The van der Waals surface area contributed by atoms with Crippen molar-refractivity contribution in [1.29, 1.82) is 0 Å². The Hall–Kier alpha value is -1.08. The zero-order chi connectivity index (χ0) is 10.6. The van der Waals surface area contributed by atoms with Gasteiger partial charge in [-0.05, 0) is 0 Å². The Morgan fingerprint density at radius 3 is 3.00 bits per heavy atom. The second-order valence-electron chi connectivity index (χ2n) is 2.62. The van der Waals surface area contributed by atoms with Gasteiger partial charge in [0.05, 0.1) is 6.61 Å². The lowest BCUT2D eigenvalue weighted by atomic mass is 10.5. The number of rotatable bonds is 5. The highest BCUT2D eigenvalue weighted by molar-refractivity contribution is 8.00. The van der Waals surface area contributed by atoms with Crippen LogP contribution in [0, 0.1) is 0 Å². The molecule has 0 spiro atoms. The number of hydrogen-bond donors (Lipinski definition) is 1. The lowest BCUT2D eigenvalue weighted by Crippen LogP contribution is -2.22. The summed E-state index contributed by atoms with van der Waals surface area (Å²) < 4.78 is 6.46. The number of thioether (sulfide) groups is 1. The number of carbonyl (C=O) groups is 1. The molecule has 1 heterocycles. The molecular formula is C7H11N3O3S. The van der Waals surface area contributed by atoms with E-state index in [0.29, 0.717) is 5.16 Å². The molecule has 1 aromatic rings. The quantitative estimate of drug-likeness (QED) is 0.700. The lowest BCUT2D eigenvalue weighted by Gasteiger charge is -2.09. The van der Waals surface area contributed by atoms with Gasteiger partial charge < -0.3 is 14.4 Å². The highest BCUT2D eigenvalue weighted by Gasteiger charge is 2.20. The Morgan fingerprint density at radius 1 is 1.86 bits per heavy atom. The zero-order valence-electron chi connectivity index (χ0n) is 7.88. The van der Waals surface area contributed by atoms with Crippen LogP contribution < -0.4 is 0 Å². The van der Waals surface area contributed by atoms with Gasteiger partial charge in [0.1, 0.15) is 11.6 Å². The highest BCUT2D eigenvalue weighted by atomic mass is 32.2. The minimum absolute atomic E-state index is 0.146. The molecule has 0 bridgehead atoms. The number of hydrogen-bond acceptors (Lipinski definition) is 5. The smallest absolute Gasteiger partial charge is 0.319 e. The lowest BCUT2D eigenvalue weighted by molar-refractivity contribution is -0.137. The Balaban J connectivity index is 2.64. The topological polar surface area (TPSA) is 77.2 Å². The first-order valence-corrected chi connectivity index (χ1v) is 4.75. The fourth-order valence-corrected chi connectivity index (χ4v) is 1.68. The maximum absolute atomic E-state index is 10.8. The van der Waals surface area contributed by atoms with E-state index in [1.165, 1.54) is 13.4 Å². The van der Waals surface area contributed by atoms with Crippen molar-refractivity contribution < 1.29 is 14.6 Å². The molecule has 7 heteroatoms. The van der Waals surface area contributed by atoms with Gasteiger partial charge in [0, 0.05) is 14.2 Å². The first-order valence-electron chi connectivity index (χ1n) is 3.87. The van der Waals surface area contributed by atoms with Gasteiger partial charge in [0.25, 0.3) is 0 Å². The van der Waals surface area contributed by atoms with Crippen molar-refractivity contribution in [3.05, 3.63) is 6.33 Å². The van der Waals surface area contributed by atoms with Gasteiger partial charge in [-0.3, -0.25) is 4.79 Å². The van der Waals surface area contributed by atoms with Crippen LogP contribution in [0.15, 0.2) is 11.5 Å². The monoisotopic (exact) mass is 217 g/mol. The van der Waals surface area contributed by atoms with Crippen LogP contribution in [0.3, 0.4) is 0 Å². The van der Waals surface area contributed by atoms with Crippen molar-refractivity contribution >= 4 is 17.7 Å². The van der Waals surface area contributed by atoms with Gasteiger partial charge in [0.2, 0.25) is 0 Å². The van der Waals surface area contributed by atoms with E-state index in [-0.39, 0.29) is 6.61 Å². The van der Waals surface area contributed by atoms with E-state index >= 15 is 0 Å². The standard InChI is InChI=1S/C7H11N3O3S/c1-10-4-8-9-7(10)14-5(3-13-2)6(11)12/h4-5H,3H2,1-2H3,(H,11,12). The van der Waals surface area contributed by atoms with Crippen LogP contribution in [0.2, 0.25) is 0 Å². The van der Waals surface area contributed by atoms with Gasteiger partial charge >= 0.3 is 5.97 Å². The number of ether oxygens (including phenoxy) is 1. The molecule has 0 saturated carbocycles. The highest BCUT2D eigenvalue weighted by Crippen LogP contribution is 2.20. The van der Waals surface area contributed by atoms with Crippen molar-refractivity contribution in [3.8, 4) is 0 Å². The first kappa shape index (κ1) is 11.0.